The van der Waals surface area contributed by atoms with Gasteiger partial charge in [0.2, 0.25) is 0 Å². The minimum Gasteiger partial charge on any atom is -0.252 e. The van der Waals surface area contributed by atoms with Crippen LogP contribution in [0.1, 0.15) is 11.1 Å². The lowest BCUT2D eigenvalue weighted by atomic mass is 9.90. The van der Waals surface area contributed by atoms with E-state index in [-0.39, 0.29) is 0 Å². The fraction of sp³-hybridized carbons (Fsp3) is 0.0172. The first-order valence-electron chi connectivity index (χ1n) is 42.2. The van der Waals surface area contributed by atoms with E-state index in [0.717, 1.165) is 110 Å². The predicted octanol–water partition coefficient (Wildman–Crippen LogP) is 32.9. The number of thiophene rings is 3. The molecule has 26 aromatic rings. The van der Waals surface area contributed by atoms with Gasteiger partial charge in [-0.1, -0.05) is 309 Å². The molecule has 6 nitrogen and oxygen atoms in total. The smallest absolute Gasteiger partial charge is 0.0979 e. The Morgan fingerprint density at radius 3 is 0.848 bits per heavy atom. The molecule has 0 fully saturated rings. The molecular formula is C116H72N6S3. The van der Waals surface area contributed by atoms with Crippen LogP contribution >= 0.6 is 34.0 Å². The van der Waals surface area contributed by atoms with Gasteiger partial charge in [-0.25, -0.2) is 15.0 Å². The standard InChI is InChI=1S/2C40H24N2S.C36H24N2S/c1-3-16-33-30(13-1)31-14-2-4-17-34(31)40-39(33)41-24-36(42-40)29-12-8-11-27(22-29)25-9-7-10-26(21-25)28-19-20-38-35(23-28)32-15-5-6-18-37(32)43-38;1-2-12-27(26(11-1)25-21-22-38-35(23-25)32-17-9-10-20-37(32)43-38)28-13-3-6-16-31(28)36-24-41-39-33-18-7-4-14-29(33)30-15-5-8-19-34(30)40(39)42-36;1-21-18-30(22(2)17-29(21)23-15-16-34-31(19-23)26-11-7-8-14-33(26)39-34)32-20-37-35-27-12-5-3-9-24(27)25-10-4-6-13-28(25)36(35)38-32/h2*1-24H;3-20H,1-2H3. The van der Waals surface area contributed by atoms with Crippen LogP contribution in [0, 0.1) is 13.8 Å². The topological polar surface area (TPSA) is 77.3 Å². The number of hydrogen-bond acceptors (Lipinski definition) is 9. The summed E-state index contributed by atoms with van der Waals surface area (Å²) in [4.78, 5) is 30.8. The van der Waals surface area contributed by atoms with Crippen LogP contribution in [0.25, 0.3) is 248 Å². The Bertz CT molecular complexity index is 8840. The minimum atomic E-state index is 0.873. The summed E-state index contributed by atoms with van der Waals surface area (Å²) in [6.07, 6.45) is 5.79. The van der Waals surface area contributed by atoms with Gasteiger partial charge >= 0.3 is 0 Å². The molecule has 0 unspecified atom stereocenters. The Labute approximate surface area is 731 Å². The van der Waals surface area contributed by atoms with Gasteiger partial charge in [-0.3, -0.25) is 15.0 Å². The predicted molar refractivity (Wildman–Crippen MR) is 535 cm³/mol. The first kappa shape index (κ1) is 73.6. The molecule has 0 bridgehead atoms. The summed E-state index contributed by atoms with van der Waals surface area (Å²) in [5.41, 5.74) is 26.1. The minimum absolute atomic E-state index is 0.873. The Morgan fingerprint density at radius 2 is 0.424 bits per heavy atom. The SMILES string of the molecule is Cc1cc(-c2cnc3c4ccccc4c4ccccc4c3n2)c(C)cc1-c1ccc2sc3ccccc3c2c1.c1cc(-c2cccc(-c3cnc4c5ccccc5c5ccccc5c4n3)c2)cc(-c2ccc3sc4ccccc4c3c2)c1.c1ccc(-c2ccccc2-c2cnc3c4ccccc4c4ccccc4c3n2)c(-c2ccc3sc4ccccc4c3c2)c1. The number of rotatable bonds is 8. The lowest BCUT2D eigenvalue weighted by Gasteiger charge is -2.15. The average Bonchev–Trinajstić information content (AvgIpc) is 1.55. The Kier molecular flexibility index (Phi) is 17.9. The summed E-state index contributed by atoms with van der Waals surface area (Å²) < 4.78 is 7.96. The van der Waals surface area contributed by atoms with Gasteiger partial charge in [-0.2, -0.15) is 0 Å². The van der Waals surface area contributed by atoms with Crippen LogP contribution in [0.15, 0.2) is 401 Å². The van der Waals surface area contributed by atoms with Crippen LogP contribution in [0.2, 0.25) is 0 Å². The molecule has 26 rings (SSSR count). The van der Waals surface area contributed by atoms with E-state index in [2.05, 4.69) is 396 Å². The van der Waals surface area contributed by atoms with E-state index >= 15 is 0 Å². The number of fused-ring (bicyclic) bond motifs is 27. The molecule has 0 radical (unpaired) electrons. The fourth-order valence-electron chi connectivity index (χ4n) is 19.0. The Morgan fingerprint density at radius 1 is 0.160 bits per heavy atom. The highest BCUT2D eigenvalue weighted by molar-refractivity contribution is 7.26. The van der Waals surface area contributed by atoms with E-state index in [1.54, 1.807) is 0 Å². The van der Waals surface area contributed by atoms with Crippen molar-refractivity contribution in [3.05, 3.63) is 412 Å². The Balaban J connectivity index is 0.000000105. The van der Waals surface area contributed by atoms with E-state index in [0.29, 0.717) is 0 Å². The number of hydrogen-bond donors (Lipinski definition) is 0. The molecule has 0 saturated heterocycles. The van der Waals surface area contributed by atoms with Crippen molar-refractivity contribution in [2.45, 2.75) is 13.8 Å². The van der Waals surface area contributed by atoms with Crippen LogP contribution in [0.4, 0.5) is 0 Å². The molecule has 125 heavy (non-hydrogen) atoms. The lowest BCUT2D eigenvalue weighted by Crippen LogP contribution is -1.95. The van der Waals surface area contributed by atoms with E-state index in [4.69, 9.17) is 29.9 Å². The summed E-state index contributed by atoms with van der Waals surface area (Å²) >= 11 is 5.57. The molecule has 0 N–H and O–H groups in total. The highest BCUT2D eigenvalue weighted by atomic mass is 32.1. The zero-order valence-electron chi connectivity index (χ0n) is 68.0. The summed E-state index contributed by atoms with van der Waals surface area (Å²) in [5.74, 6) is 0. The average molecular weight is 1650 g/mol. The van der Waals surface area contributed by atoms with E-state index in [1.165, 1.54) is 148 Å². The van der Waals surface area contributed by atoms with Gasteiger partial charge < -0.3 is 0 Å². The summed E-state index contributed by atoms with van der Waals surface area (Å²) in [5, 5.41) is 22.0. The molecule has 0 spiro atoms. The molecule has 0 aliphatic carbocycles. The van der Waals surface area contributed by atoms with Crippen LogP contribution in [0.5, 0.6) is 0 Å². The van der Waals surface area contributed by atoms with Crippen LogP contribution in [-0.2, 0) is 0 Å². The Hall–Kier alpha value is -15.4. The third-order valence-electron chi connectivity index (χ3n) is 25.0. The molecular weight excluding hydrogens is 1570 g/mol. The number of nitrogens with zero attached hydrogens (tertiary/aromatic N) is 6. The maximum atomic E-state index is 5.32. The highest BCUT2D eigenvalue weighted by Gasteiger charge is 2.22. The molecule has 0 aliphatic heterocycles. The zero-order chi connectivity index (χ0) is 82.7. The summed E-state index contributed by atoms with van der Waals surface area (Å²) in [6.45, 7) is 4.38. The molecule has 0 atom stereocenters. The van der Waals surface area contributed by atoms with Gasteiger partial charge in [0.15, 0.2) is 0 Å². The first-order valence-corrected chi connectivity index (χ1v) is 44.7. The van der Waals surface area contributed by atoms with Crippen molar-refractivity contribution in [3.8, 4) is 89.4 Å². The van der Waals surface area contributed by atoms with Gasteiger partial charge in [-0.15, -0.1) is 34.0 Å². The van der Waals surface area contributed by atoms with Crippen molar-refractivity contribution >= 4 is 192 Å². The quantitative estimate of drug-likeness (QED) is 0.141. The summed E-state index contributed by atoms with van der Waals surface area (Å²) in [7, 11) is 0. The van der Waals surface area contributed by atoms with E-state index < -0.39 is 0 Å². The molecule has 0 amide bonds. The molecule has 6 aromatic heterocycles. The van der Waals surface area contributed by atoms with E-state index in [1.807, 2.05) is 52.6 Å². The summed E-state index contributed by atoms with van der Waals surface area (Å²) in [6, 6.07) is 137. The number of aryl methyl sites for hydroxylation is 2. The molecule has 20 aromatic carbocycles. The van der Waals surface area contributed by atoms with Crippen molar-refractivity contribution in [1.82, 2.24) is 29.9 Å². The maximum absolute atomic E-state index is 5.32. The second-order valence-corrected chi connectivity index (χ2v) is 35.5. The van der Waals surface area contributed by atoms with Gasteiger partial charge in [0.25, 0.3) is 0 Å². The van der Waals surface area contributed by atoms with Crippen molar-refractivity contribution in [1.29, 1.82) is 0 Å². The van der Waals surface area contributed by atoms with Crippen molar-refractivity contribution in [2.24, 2.45) is 0 Å². The van der Waals surface area contributed by atoms with Gasteiger partial charge in [0.1, 0.15) is 0 Å². The normalized spacial score (nSPS) is 11.8. The number of benzene rings is 20. The van der Waals surface area contributed by atoms with Crippen LogP contribution in [0.3, 0.4) is 0 Å². The zero-order valence-corrected chi connectivity index (χ0v) is 70.5. The molecule has 584 valence electrons. The third-order valence-corrected chi connectivity index (χ3v) is 28.4. The number of aromatic nitrogens is 6. The first-order chi connectivity index (χ1) is 61.8. The van der Waals surface area contributed by atoms with Crippen LogP contribution < -0.4 is 0 Å². The molecule has 6 heterocycles. The maximum Gasteiger partial charge on any atom is 0.0979 e. The largest absolute Gasteiger partial charge is 0.252 e. The monoisotopic (exact) mass is 1640 g/mol. The van der Waals surface area contributed by atoms with E-state index in [9.17, 15) is 0 Å². The molecule has 0 saturated carbocycles. The van der Waals surface area contributed by atoms with Gasteiger partial charge in [0, 0.05) is 110 Å². The van der Waals surface area contributed by atoms with Crippen LogP contribution in [-0.4, -0.2) is 29.9 Å². The van der Waals surface area contributed by atoms with Crippen molar-refractivity contribution < 1.29 is 0 Å². The van der Waals surface area contributed by atoms with Crippen molar-refractivity contribution in [2.75, 3.05) is 0 Å². The van der Waals surface area contributed by atoms with Gasteiger partial charge in [-0.05, 0) is 186 Å². The molecule has 9 heteroatoms. The molecule has 0 aliphatic rings. The van der Waals surface area contributed by atoms with Crippen molar-refractivity contribution in [3.63, 3.8) is 0 Å². The second kappa shape index (κ2) is 30.4. The second-order valence-electron chi connectivity index (χ2n) is 32.3. The third kappa shape index (κ3) is 12.7. The highest BCUT2D eigenvalue weighted by Crippen LogP contribution is 2.46. The van der Waals surface area contributed by atoms with Gasteiger partial charge in [0.05, 0.1) is 68.8 Å². The lowest BCUT2D eigenvalue weighted by molar-refractivity contribution is 1.28. The fourth-order valence-corrected chi connectivity index (χ4v) is 22.3.